The van der Waals surface area contributed by atoms with E-state index < -0.39 is 5.60 Å². The monoisotopic (exact) mass is 375 g/mol. The Bertz CT molecular complexity index is 1140. The van der Waals surface area contributed by atoms with Crippen LogP contribution < -0.4 is 0 Å². The molecule has 5 rings (SSSR count). The van der Waals surface area contributed by atoms with Crippen molar-refractivity contribution in [3.8, 4) is 0 Å². The van der Waals surface area contributed by atoms with Crippen LogP contribution in [-0.4, -0.2) is 39.9 Å². The fraction of sp³-hybridized carbons (Fsp3) is 0.350. The number of aromatic nitrogens is 7. The highest BCUT2D eigenvalue weighted by atomic mass is 16.3. The maximum Gasteiger partial charge on any atom is 0.166 e. The number of hydrogen-bond acceptors (Lipinski definition) is 6. The van der Waals surface area contributed by atoms with Crippen molar-refractivity contribution in [1.82, 2.24) is 34.8 Å². The van der Waals surface area contributed by atoms with Gasteiger partial charge in [-0.2, -0.15) is 0 Å². The van der Waals surface area contributed by atoms with Crippen LogP contribution in [0.25, 0.3) is 5.65 Å². The smallest absolute Gasteiger partial charge is 0.166 e. The molecular weight excluding hydrogens is 354 g/mol. The fourth-order valence-corrected chi connectivity index (χ4v) is 3.80. The second-order valence-corrected chi connectivity index (χ2v) is 7.93. The van der Waals surface area contributed by atoms with Gasteiger partial charge in [0.2, 0.25) is 0 Å². The molecule has 0 spiro atoms. The lowest BCUT2D eigenvalue weighted by molar-refractivity contribution is 0.0796. The second kappa shape index (κ2) is 5.93. The Morgan fingerprint density at radius 3 is 2.50 bits per heavy atom. The summed E-state index contributed by atoms with van der Waals surface area (Å²) in [5.41, 5.74) is 1.20. The van der Waals surface area contributed by atoms with Crippen LogP contribution in [0, 0.1) is 0 Å². The Balaban J connectivity index is 1.59. The number of benzene rings is 1. The van der Waals surface area contributed by atoms with Gasteiger partial charge < -0.3 is 5.11 Å². The zero-order valence-electron chi connectivity index (χ0n) is 15.8. The molecule has 1 N–H and O–H groups in total. The van der Waals surface area contributed by atoms with Crippen LogP contribution in [0.2, 0.25) is 0 Å². The average molecular weight is 375 g/mol. The summed E-state index contributed by atoms with van der Waals surface area (Å²) in [6, 6.07) is 13.9. The zero-order chi connectivity index (χ0) is 19.4. The van der Waals surface area contributed by atoms with Crippen LogP contribution in [0.3, 0.4) is 0 Å². The molecule has 0 amide bonds. The summed E-state index contributed by atoms with van der Waals surface area (Å²) >= 11 is 0. The van der Waals surface area contributed by atoms with E-state index in [1.807, 2.05) is 45.6 Å². The molecule has 28 heavy (non-hydrogen) atoms. The van der Waals surface area contributed by atoms with Crippen LogP contribution in [-0.2, 0) is 17.6 Å². The normalized spacial score (nSPS) is 15.8. The highest BCUT2D eigenvalue weighted by Crippen LogP contribution is 2.52. The first kappa shape index (κ1) is 17.0. The van der Waals surface area contributed by atoms with E-state index in [9.17, 15) is 5.11 Å². The summed E-state index contributed by atoms with van der Waals surface area (Å²) < 4.78 is 3.81. The summed E-state index contributed by atoms with van der Waals surface area (Å²) in [4.78, 5) is 0. The van der Waals surface area contributed by atoms with Gasteiger partial charge in [-0.1, -0.05) is 36.4 Å². The molecule has 8 nitrogen and oxygen atoms in total. The highest BCUT2D eigenvalue weighted by molar-refractivity contribution is 5.52. The van der Waals surface area contributed by atoms with Crippen LogP contribution in [0.5, 0.6) is 0 Å². The Morgan fingerprint density at radius 1 is 1.00 bits per heavy atom. The Hall–Kier alpha value is -3.13. The van der Waals surface area contributed by atoms with Crippen molar-refractivity contribution in [3.63, 3.8) is 0 Å². The van der Waals surface area contributed by atoms with Crippen LogP contribution in [0.15, 0.2) is 48.7 Å². The first-order chi connectivity index (χ1) is 13.5. The molecular formula is C20H21N7O. The first-order valence-electron chi connectivity index (χ1n) is 9.37. The maximum atomic E-state index is 10.5. The van der Waals surface area contributed by atoms with E-state index in [0.29, 0.717) is 12.2 Å². The van der Waals surface area contributed by atoms with Crippen molar-refractivity contribution < 1.29 is 5.11 Å². The molecule has 3 aromatic heterocycles. The number of nitrogens with zero attached hydrogens (tertiary/aromatic N) is 7. The van der Waals surface area contributed by atoms with Gasteiger partial charge in [0.1, 0.15) is 0 Å². The predicted octanol–water partition coefficient (Wildman–Crippen LogP) is 2.07. The summed E-state index contributed by atoms with van der Waals surface area (Å²) in [5, 5.41) is 31.9. The lowest BCUT2D eigenvalue weighted by Gasteiger charge is -2.18. The van der Waals surface area contributed by atoms with Gasteiger partial charge >= 0.3 is 0 Å². The molecule has 0 saturated heterocycles. The Kier molecular flexibility index (Phi) is 3.60. The predicted molar refractivity (Wildman–Crippen MR) is 102 cm³/mol. The molecule has 3 heterocycles. The quantitative estimate of drug-likeness (QED) is 0.574. The molecule has 1 aliphatic carbocycles. The summed E-state index contributed by atoms with van der Waals surface area (Å²) in [5.74, 6) is 1.62. The lowest BCUT2D eigenvalue weighted by Crippen LogP contribution is -2.21. The zero-order valence-corrected chi connectivity index (χ0v) is 15.8. The molecule has 0 unspecified atom stereocenters. The fourth-order valence-electron chi connectivity index (χ4n) is 3.80. The molecule has 142 valence electrons. The lowest BCUT2D eigenvalue weighted by atomic mass is 9.99. The number of fused-ring (bicyclic) bond motifs is 1. The van der Waals surface area contributed by atoms with Gasteiger partial charge in [0.05, 0.1) is 17.6 Å². The van der Waals surface area contributed by atoms with E-state index in [4.69, 9.17) is 0 Å². The average Bonchev–Trinajstić information content (AvgIpc) is 3.12. The summed E-state index contributed by atoms with van der Waals surface area (Å²) in [6.07, 6.45) is 3.76. The van der Waals surface area contributed by atoms with Crippen molar-refractivity contribution in [2.45, 2.75) is 44.2 Å². The topological polar surface area (TPSA) is 94.0 Å². The molecule has 0 aliphatic heterocycles. The van der Waals surface area contributed by atoms with Gasteiger partial charge in [0.15, 0.2) is 17.3 Å². The van der Waals surface area contributed by atoms with E-state index >= 15 is 0 Å². The van der Waals surface area contributed by atoms with E-state index in [0.717, 1.165) is 35.6 Å². The maximum absolute atomic E-state index is 10.5. The first-order valence-corrected chi connectivity index (χ1v) is 9.37. The Morgan fingerprint density at radius 2 is 1.79 bits per heavy atom. The largest absolute Gasteiger partial charge is 0.386 e. The van der Waals surface area contributed by atoms with Gasteiger partial charge in [-0.25, -0.2) is 4.68 Å². The van der Waals surface area contributed by atoms with Gasteiger partial charge in [0, 0.05) is 11.8 Å². The number of tetrazole rings is 1. The van der Waals surface area contributed by atoms with Crippen LogP contribution >= 0.6 is 0 Å². The van der Waals surface area contributed by atoms with E-state index in [1.165, 1.54) is 0 Å². The van der Waals surface area contributed by atoms with Crippen molar-refractivity contribution >= 4 is 5.65 Å². The molecule has 1 saturated carbocycles. The van der Waals surface area contributed by atoms with E-state index in [1.54, 1.807) is 13.8 Å². The molecule has 0 radical (unpaired) electrons. The third kappa shape index (κ3) is 2.60. The van der Waals surface area contributed by atoms with Crippen LogP contribution in [0.1, 0.15) is 49.5 Å². The summed E-state index contributed by atoms with van der Waals surface area (Å²) in [7, 11) is 0. The molecule has 0 bridgehead atoms. The SMILES string of the molecule is CC(C)(O)c1cccn2c(C3(c4nnnn4Cc4ccccc4)CC3)nnc12. The van der Waals surface area contributed by atoms with Gasteiger partial charge in [-0.3, -0.25) is 4.40 Å². The van der Waals surface area contributed by atoms with Crippen molar-refractivity contribution in [1.29, 1.82) is 0 Å². The number of rotatable bonds is 5. The molecule has 1 aliphatic rings. The van der Waals surface area contributed by atoms with Crippen LogP contribution in [0.4, 0.5) is 0 Å². The molecule has 8 heteroatoms. The third-order valence-electron chi connectivity index (χ3n) is 5.41. The highest BCUT2D eigenvalue weighted by Gasteiger charge is 2.54. The number of hydrogen-bond donors (Lipinski definition) is 1. The molecule has 1 aromatic carbocycles. The third-order valence-corrected chi connectivity index (χ3v) is 5.41. The molecule has 1 fully saturated rings. The van der Waals surface area contributed by atoms with Crippen molar-refractivity contribution in [2.75, 3.05) is 0 Å². The van der Waals surface area contributed by atoms with Crippen molar-refractivity contribution in [2.24, 2.45) is 0 Å². The molecule has 4 aromatic rings. The number of aliphatic hydroxyl groups is 1. The van der Waals surface area contributed by atoms with E-state index in [-0.39, 0.29) is 5.41 Å². The second-order valence-electron chi connectivity index (χ2n) is 7.93. The summed E-state index contributed by atoms with van der Waals surface area (Å²) in [6.45, 7) is 4.12. The molecule has 0 atom stereocenters. The van der Waals surface area contributed by atoms with Gasteiger partial charge in [-0.05, 0) is 48.7 Å². The standard InChI is InChI=1S/C20H21N7O/c1-19(2,28)15-9-6-12-26-16(15)21-22-17(26)20(10-11-20)18-23-24-25-27(18)13-14-7-4-3-5-8-14/h3-9,12,28H,10-11,13H2,1-2H3. The van der Waals surface area contributed by atoms with E-state index in [2.05, 4.69) is 37.9 Å². The number of pyridine rings is 1. The minimum atomic E-state index is -1.00. The minimum absolute atomic E-state index is 0.351. The Labute approximate surface area is 161 Å². The minimum Gasteiger partial charge on any atom is -0.386 e. The van der Waals surface area contributed by atoms with Crippen molar-refractivity contribution in [3.05, 3.63) is 71.4 Å². The van der Waals surface area contributed by atoms with Gasteiger partial charge in [0.25, 0.3) is 0 Å². The van der Waals surface area contributed by atoms with Gasteiger partial charge in [-0.15, -0.1) is 15.3 Å².